The molecule has 0 aliphatic heterocycles. The summed E-state index contributed by atoms with van der Waals surface area (Å²) < 4.78 is 10.6. The fraction of sp³-hybridized carbons (Fsp3) is 0.158. The van der Waals surface area contributed by atoms with E-state index >= 15 is 0 Å². The number of hydrogen-bond donors (Lipinski definition) is 0. The number of anilines is 1. The van der Waals surface area contributed by atoms with Gasteiger partial charge in [0, 0.05) is 24.4 Å². The van der Waals surface area contributed by atoms with Crippen molar-refractivity contribution in [3.63, 3.8) is 0 Å². The lowest BCUT2D eigenvalue weighted by atomic mass is 10.1. The average Bonchev–Trinajstić information content (AvgIpc) is 3.10. The summed E-state index contributed by atoms with van der Waals surface area (Å²) in [5.74, 6) is 1.30. The van der Waals surface area contributed by atoms with Gasteiger partial charge in [-0.25, -0.2) is 0 Å². The van der Waals surface area contributed by atoms with Gasteiger partial charge in [-0.3, -0.25) is 4.79 Å². The minimum absolute atomic E-state index is 0.0494. The Balaban J connectivity index is 1.73. The first kappa shape index (κ1) is 15.8. The van der Waals surface area contributed by atoms with Gasteiger partial charge in [0.05, 0.1) is 19.2 Å². The molecule has 0 bridgehead atoms. The molecule has 1 aromatic heterocycles. The highest BCUT2D eigenvalue weighted by atomic mass is 16.5. The number of methoxy groups -OCH3 is 1. The van der Waals surface area contributed by atoms with Crippen molar-refractivity contribution < 1.29 is 14.1 Å². The SMILES string of the molecule is COc1cccc(-c2cc(CC(=O)N(C)c3ccccc3)no2)c1. The van der Waals surface area contributed by atoms with Gasteiger partial charge in [-0.2, -0.15) is 0 Å². The Hall–Kier alpha value is -3.08. The Morgan fingerprint density at radius 1 is 1.12 bits per heavy atom. The number of carbonyl (C=O) groups is 1. The van der Waals surface area contributed by atoms with Crippen LogP contribution in [0.2, 0.25) is 0 Å². The topological polar surface area (TPSA) is 55.6 Å². The second-order valence-electron chi connectivity index (χ2n) is 5.38. The van der Waals surface area contributed by atoms with Gasteiger partial charge in [0.1, 0.15) is 5.75 Å². The average molecular weight is 322 g/mol. The molecule has 0 spiro atoms. The molecule has 0 radical (unpaired) electrons. The smallest absolute Gasteiger partial charge is 0.232 e. The van der Waals surface area contributed by atoms with Crippen LogP contribution in [0.3, 0.4) is 0 Å². The third-order valence-corrected chi connectivity index (χ3v) is 3.76. The summed E-state index contributed by atoms with van der Waals surface area (Å²) in [6.07, 6.45) is 0.179. The van der Waals surface area contributed by atoms with Gasteiger partial charge in [0.15, 0.2) is 5.76 Å². The molecule has 122 valence electrons. The molecule has 3 rings (SSSR count). The number of para-hydroxylation sites is 1. The number of carbonyl (C=O) groups excluding carboxylic acids is 1. The van der Waals surface area contributed by atoms with Crippen molar-refractivity contribution >= 4 is 11.6 Å². The number of nitrogens with zero attached hydrogens (tertiary/aromatic N) is 2. The Kier molecular flexibility index (Phi) is 4.61. The Labute approximate surface area is 140 Å². The minimum atomic E-state index is -0.0494. The van der Waals surface area contributed by atoms with Gasteiger partial charge in [-0.05, 0) is 24.3 Å². The van der Waals surface area contributed by atoms with Crippen molar-refractivity contribution in [3.05, 3.63) is 66.4 Å². The summed E-state index contributed by atoms with van der Waals surface area (Å²) >= 11 is 0. The molecule has 0 saturated heterocycles. The van der Waals surface area contributed by atoms with E-state index < -0.39 is 0 Å². The monoisotopic (exact) mass is 322 g/mol. The molecule has 1 heterocycles. The molecule has 0 aliphatic rings. The maximum atomic E-state index is 12.4. The van der Waals surface area contributed by atoms with E-state index in [9.17, 15) is 4.79 Å². The molecule has 0 fully saturated rings. The number of ether oxygens (including phenoxy) is 1. The van der Waals surface area contributed by atoms with Crippen molar-refractivity contribution in [2.45, 2.75) is 6.42 Å². The highest BCUT2D eigenvalue weighted by Crippen LogP contribution is 2.24. The number of likely N-dealkylation sites (N-methyl/N-ethyl adjacent to an activating group) is 1. The van der Waals surface area contributed by atoms with Crippen LogP contribution in [0.25, 0.3) is 11.3 Å². The normalized spacial score (nSPS) is 10.4. The van der Waals surface area contributed by atoms with Crippen LogP contribution in [0.5, 0.6) is 5.75 Å². The second-order valence-corrected chi connectivity index (χ2v) is 5.38. The lowest BCUT2D eigenvalue weighted by molar-refractivity contribution is -0.117. The van der Waals surface area contributed by atoms with Crippen molar-refractivity contribution in [1.29, 1.82) is 0 Å². The highest BCUT2D eigenvalue weighted by molar-refractivity contribution is 5.94. The fourth-order valence-electron chi connectivity index (χ4n) is 2.38. The summed E-state index contributed by atoms with van der Waals surface area (Å²) in [4.78, 5) is 14.0. The van der Waals surface area contributed by atoms with Crippen molar-refractivity contribution in [2.24, 2.45) is 0 Å². The van der Waals surface area contributed by atoms with Crippen LogP contribution in [0.1, 0.15) is 5.69 Å². The van der Waals surface area contributed by atoms with Gasteiger partial charge in [0.2, 0.25) is 5.91 Å². The van der Waals surface area contributed by atoms with Crippen LogP contribution in [-0.4, -0.2) is 25.2 Å². The number of rotatable bonds is 5. The first-order valence-corrected chi connectivity index (χ1v) is 7.59. The summed E-state index contributed by atoms with van der Waals surface area (Å²) in [7, 11) is 3.36. The summed E-state index contributed by atoms with van der Waals surface area (Å²) in [5.41, 5.74) is 2.30. The minimum Gasteiger partial charge on any atom is -0.497 e. The molecular formula is C19H18N2O3. The molecule has 0 atom stereocenters. The molecule has 0 unspecified atom stereocenters. The van der Waals surface area contributed by atoms with E-state index in [4.69, 9.17) is 9.26 Å². The van der Waals surface area contributed by atoms with Crippen LogP contribution >= 0.6 is 0 Å². The predicted octanol–water partition coefficient (Wildman–Crippen LogP) is 3.56. The van der Waals surface area contributed by atoms with Gasteiger partial charge in [-0.15, -0.1) is 0 Å². The lowest BCUT2D eigenvalue weighted by Gasteiger charge is -2.16. The van der Waals surface area contributed by atoms with Gasteiger partial charge >= 0.3 is 0 Å². The maximum Gasteiger partial charge on any atom is 0.232 e. The third kappa shape index (κ3) is 3.46. The van der Waals surface area contributed by atoms with Gasteiger partial charge < -0.3 is 14.2 Å². The number of benzene rings is 2. The van der Waals surface area contributed by atoms with Crippen LogP contribution in [0, 0.1) is 0 Å². The predicted molar refractivity (Wildman–Crippen MR) is 92.0 cm³/mol. The quantitative estimate of drug-likeness (QED) is 0.721. The first-order chi connectivity index (χ1) is 11.7. The number of hydrogen-bond acceptors (Lipinski definition) is 4. The van der Waals surface area contributed by atoms with Crippen LogP contribution in [0.15, 0.2) is 65.2 Å². The molecule has 0 aliphatic carbocycles. The number of aromatic nitrogens is 1. The highest BCUT2D eigenvalue weighted by Gasteiger charge is 2.15. The summed E-state index contributed by atoms with van der Waals surface area (Å²) in [5, 5.41) is 4.00. The molecule has 5 heteroatoms. The van der Waals surface area contributed by atoms with Crippen molar-refractivity contribution in [3.8, 4) is 17.1 Å². The molecular weight excluding hydrogens is 304 g/mol. The van der Waals surface area contributed by atoms with E-state index in [-0.39, 0.29) is 12.3 Å². The molecule has 2 aromatic carbocycles. The Bertz CT molecular complexity index is 827. The van der Waals surface area contributed by atoms with E-state index in [0.29, 0.717) is 11.5 Å². The standard InChI is InChI=1S/C19H18N2O3/c1-21(16-8-4-3-5-9-16)19(22)13-15-12-18(24-20-15)14-7-6-10-17(11-14)23-2/h3-12H,13H2,1-2H3. The zero-order chi connectivity index (χ0) is 16.9. The van der Waals surface area contributed by atoms with Gasteiger partial charge in [-0.1, -0.05) is 35.5 Å². The lowest BCUT2D eigenvalue weighted by Crippen LogP contribution is -2.27. The van der Waals surface area contributed by atoms with Crippen LogP contribution in [0.4, 0.5) is 5.69 Å². The summed E-state index contributed by atoms with van der Waals surface area (Å²) in [6.45, 7) is 0. The second kappa shape index (κ2) is 7.00. The van der Waals surface area contributed by atoms with Crippen LogP contribution in [-0.2, 0) is 11.2 Å². The zero-order valence-corrected chi connectivity index (χ0v) is 13.6. The third-order valence-electron chi connectivity index (χ3n) is 3.76. The Morgan fingerprint density at radius 3 is 2.67 bits per heavy atom. The molecule has 0 N–H and O–H groups in total. The first-order valence-electron chi connectivity index (χ1n) is 7.59. The summed E-state index contributed by atoms with van der Waals surface area (Å²) in [6, 6.07) is 18.8. The van der Waals surface area contributed by atoms with E-state index in [0.717, 1.165) is 17.0 Å². The fourth-order valence-corrected chi connectivity index (χ4v) is 2.38. The largest absolute Gasteiger partial charge is 0.497 e. The maximum absolute atomic E-state index is 12.4. The molecule has 0 saturated carbocycles. The van der Waals surface area contributed by atoms with E-state index in [2.05, 4.69) is 5.16 Å². The van der Waals surface area contributed by atoms with Crippen molar-refractivity contribution in [1.82, 2.24) is 5.16 Å². The van der Waals surface area contributed by atoms with Crippen molar-refractivity contribution in [2.75, 3.05) is 19.1 Å². The van der Waals surface area contributed by atoms with Gasteiger partial charge in [0.25, 0.3) is 0 Å². The molecule has 5 nitrogen and oxygen atoms in total. The van der Waals surface area contributed by atoms with E-state index in [1.54, 1.807) is 25.1 Å². The Morgan fingerprint density at radius 2 is 1.92 bits per heavy atom. The molecule has 1 amide bonds. The zero-order valence-electron chi connectivity index (χ0n) is 13.6. The molecule has 3 aromatic rings. The van der Waals surface area contributed by atoms with E-state index in [1.165, 1.54) is 0 Å². The molecule has 24 heavy (non-hydrogen) atoms. The van der Waals surface area contributed by atoms with E-state index in [1.807, 2.05) is 54.6 Å². The number of amides is 1. The van der Waals surface area contributed by atoms with Crippen LogP contribution < -0.4 is 9.64 Å².